The third-order valence-corrected chi connectivity index (χ3v) is 1.16. The Morgan fingerprint density at radius 1 is 0.682 bits per heavy atom. The Morgan fingerprint density at radius 3 is 1.00 bits per heavy atom. The molecule has 0 nitrogen and oxygen atoms in total. The molecule has 0 atom stereocenters. The lowest BCUT2D eigenvalue weighted by atomic mass is 10.4. The molecular formula is C22H38. The number of rotatable bonds is 4. The van der Waals surface area contributed by atoms with Gasteiger partial charge in [0.15, 0.2) is 0 Å². The molecule has 0 N–H and O–H groups in total. The fourth-order valence-electron chi connectivity index (χ4n) is 0.254. The molecule has 22 heavy (non-hydrogen) atoms. The summed E-state index contributed by atoms with van der Waals surface area (Å²) in [6, 6.07) is 0. The lowest BCUT2D eigenvalue weighted by Gasteiger charge is -1.65. The van der Waals surface area contributed by atoms with Gasteiger partial charge in [-0.05, 0) is 41.0 Å². The van der Waals surface area contributed by atoms with Crippen molar-refractivity contribution in [2.75, 3.05) is 0 Å². The van der Waals surface area contributed by atoms with Crippen LogP contribution >= 0.6 is 0 Å². The summed E-state index contributed by atoms with van der Waals surface area (Å²) < 4.78 is 0. The van der Waals surface area contributed by atoms with Crippen LogP contribution in [0.2, 0.25) is 0 Å². The fraction of sp³-hybridized carbons (Fsp3) is 0.273. The average Bonchev–Trinajstić information content (AvgIpc) is 2.49. The van der Waals surface area contributed by atoms with Gasteiger partial charge >= 0.3 is 0 Å². The van der Waals surface area contributed by atoms with Crippen LogP contribution in [0.25, 0.3) is 0 Å². The van der Waals surface area contributed by atoms with Gasteiger partial charge in [-0.1, -0.05) is 80.0 Å². The average molecular weight is 303 g/mol. The second kappa shape index (κ2) is 51.0. The quantitative estimate of drug-likeness (QED) is 0.364. The minimum atomic E-state index is 0.917. The zero-order chi connectivity index (χ0) is 18.6. The third kappa shape index (κ3) is 334. The van der Waals surface area contributed by atoms with E-state index in [0.29, 0.717) is 0 Å². The van der Waals surface area contributed by atoms with Crippen molar-refractivity contribution in [1.29, 1.82) is 0 Å². The molecular weight excluding hydrogens is 264 g/mol. The summed E-state index contributed by atoms with van der Waals surface area (Å²) in [4.78, 5) is 0. The van der Waals surface area contributed by atoms with Crippen LogP contribution in [-0.4, -0.2) is 0 Å². The van der Waals surface area contributed by atoms with Crippen LogP contribution in [0.1, 0.15) is 41.0 Å². The zero-order valence-corrected chi connectivity index (χ0v) is 15.6. The van der Waals surface area contributed by atoms with Gasteiger partial charge in [-0.25, -0.2) is 0 Å². The molecule has 0 radical (unpaired) electrons. The highest BCUT2D eigenvalue weighted by atomic mass is 13.6. The molecule has 0 aliphatic carbocycles. The Balaban J connectivity index is -0.0000000550. The fourth-order valence-corrected chi connectivity index (χ4v) is 0.254. The van der Waals surface area contributed by atoms with Gasteiger partial charge in [-0.2, -0.15) is 0 Å². The molecule has 0 heterocycles. The van der Waals surface area contributed by atoms with Gasteiger partial charge in [0, 0.05) is 0 Å². The Hall–Kier alpha value is -2.08. The van der Waals surface area contributed by atoms with Gasteiger partial charge in [-0.15, -0.1) is 19.7 Å². The van der Waals surface area contributed by atoms with E-state index in [2.05, 4.69) is 39.5 Å². The van der Waals surface area contributed by atoms with Crippen LogP contribution in [0.4, 0.5) is 0 Å². The van der Waals surface area contributed by atoms with Gasteiger partial charge in [0.1, 0.15) is 0 Å². The van der Waals surface area contributed by atoms with E-state index < -0.39 is 0 Å². The summed E-state index contributed by atoms with van der Waals surface area (Å²) in [5.74, 6) is 0. The molecule has 0 amide bonds. The number of hydrogen-bond donors (Lipinski definition) is 0. The Bertz CT molecular complexity index is 278. The molecule has 0 aliphatic heterocycles. The van der Waals surface area contributed by atoms with Crippen molar-refractivity contribution in [3.05, 3.63) is 99.7 Å². The smallest absolute Gasteiger partial charge is 0.0175 e. The first kappa shape index (κ1) is 32.0. The Labute approximate surface area is 141 Å². The van der Waals surface area contributed by atoms with Crippen LogP contribution in [0.15, 0.2) is 99.7 Å². The summed E-state index contributed by atoms with van der Waals surface area (Å²) in [6.07, 6.45) is 17.4. The second-order valence-electron chi connectivity index (χ2n) is 3.92. The van der Waals surface area contributed by atoms with Crippen molar-refractivity contribution in [3.8, 4) is 0 Å². The second-order valence-corrected chi connectivity index (χ2v) is 3.92. The normalized spacial score (nSPS) is 7.32. The van der Waals surface area contributed by atoms with E-state index in [1.807, 2.05) is 71.1 Å². The summed E-state index contributed by atoms with van der Waals surface area (Å²) in [5, 5.41) is 0. The highest BCUT2D eigenvalue weighted by Crippen LogP contribution is 1.74. The van der Waals surface area contributed by atoms with Crippen LogP contribution in [0, 0.1) is 0 Å². The summed E-state index contributed by atoms with van der Waals surface area (Å²) in [5.41, 5.74) is 1.17. The van der Waals surface area contributed by atoms with Crippen LogP contribution in [0.3, 0.4) is 0 Å². The maximum Gasteiger partial charge on any atom is -0.0175 e. The molecule has 126 valence electrons. The lowest BCUT2D eigenvalue weighted by molar-refractivity contribution is 1.42. The lowest BCUT2D eigenvalue weighted by Crippen LogP contribution is -1.43. The predicted octanol–water partition coefficient (Wildman–Crippen LogP) is 8.02. The Morgan fingerprint density at radius 2 is 1.00 bits per heavy atom. The topological polar surface area (TPSA) is 0 Å². The molecule has 0 saturated heterocycles. The van der Waals surface area contributed by atoms with E-state index >= 15 is 0 Å². The first-order valence-corrected chi connectivity index (χ1v) is 7.28. The largest absolute Gasteiger partial charge is 0.103 e. The first-order chi connectivity index (χ1) is 10.4. The summed E-state index contributed by atoms with van der Waals surface area (Å²) in [7, 11) is 0. The maximum atomic E-state index is 3.56. The van der Waals surface area contributed by atoms with Gasteiger partial charge in [0.05, 0.1) is 0 Å². The molecule has 0 aliphatic rings. The highest BCUT2D eigenvalue weighted by Gasteiger charge is 1.52. The van der Waals surface area contributed by atoms with E-state index in [1.54, 1.807) is 18.2 Å². The molecule has 0 rings (SSSR count). The molecule has 0 bridgehead atoms. The Kier molecular flexibility index (Phi) is 74.2. The van der Waals surface area contributed by atoms with E-state index in [9.17, 15) is 0 Å². The minimum absolute atomic E-state index is 0.917. The van der Waals surface area contributed by atoms with Crippen LogP contribution < -0.4 is 0 Å². The molecule has 0 spiro atoms. The SMILES string of the molecule is C=C(C)C.C=CC=C.C=CC=CC.C=CCC=C.CC=CC. The van der Waals surface area contributed by atoms with E-state index in [0.717, 1.165) is 6.42 Å². The van der Waals surface area contributed by atoms with E-state index in [1.165, 1.54) is 5.57 Å². The van der Waals surface area contributed by atoms with Crippen molar-refractivity contribution < 1.29 is 0 Å². The predicted molar refractivity (Wildman–Crippen MR) is 111 cm³/mol. The molecule has 0 unspecified atom stereocenters. The van der Waals surface area contributed by atoms with Crippen molar-refractivity contribution in [3.63, 3.8) is 0 Å². The standard InChI is InChI=1S/2C5H8.2C4H8.C4H6/c2*1-3-5-4-2;1-4(2)3;2*1-3-4-2/h3-5H,1H2,2H3;3-4H,1-2,5H2;1H2,2-3H3;3-4H,1-2H3;3-4H,1-2H2. The maximum absolute atomic E-state index is 3.56. The minimum Gasteiger partial charge on any atom is -0.103 e. The van der Waals surface area contributed by atoms with Crippen molar-refractivity contribution in [2.45, 2.75) is 41.0 Å². The third-order valence-electron chi connectivity index (χ3n) is 1.16. The monoisotopic (exact) mass is 302 g/mol. The molecule has 0 aromatic rings. The van der Waals surface area contributed by atoms with Gasteiger partial charge in [0.2, 0.25) is 0 Å². The van der Waals surface area contributed by atoms with Gasteiger partial charge < -0.3 is 0 Å². The molecule has 0 heteroatoms. The van der Waals surface area contributed by atoms with Gasteiger partial charge in [0.25, 0.3) is 0 Å². The summed E-state index contributed by atoms with van der Waals surface area (Å²) in [6.45, 7) is 30.6. The van der Waals surface area contributed by atoms with E-state index in [4.69, 9.17) is 0 Å². The zero-order valence-electron chi connectivity index (χ0n) is 15.6. The molecule has 0 aromatic carbocycles. The first-order valence-electron chi connectivity index (χ1n) is 7.28. The van der Waals surface area contributed by atoms with E-state index in [-0.39, 0.29) is 0 Å². The number of hydrogen-bond acceptors (Lipinski definition) is 0. The van der Waals surface area contributed by atoms with Crippen molar-refractivity contribution in [2.24, 2.45) is 0 Å². The number of allylic oxidation sites excluding steroid dienone is 10. The summed E-state index contributed by atoms with van der Waals surface area (Å²) >= 11 is 0. The highest BCUT2D eigenvalue weighted by molar-refractivity contribution is 4.94. The van der Waals surface area contributed by atoms with Crippen LogP contribution in [-0.2, 0) is 0 Å². The van der Waals surface area contributed by atoms with Crippen molar-refractivity contribution in [1.82, 2.24) is 0 Å². The van der Waals surface area contributed by atoms with Gasteiger partial charge in [-0.3, -0.25) is 0 Å². The molecule has 0 aromatic heterocycles. The molecule has 0 saturated carbocycles. The molecule has 0 fully saturated rings. The van der Waals surface area contributed by atoms with Crippen molar-refractivity contribution >= 4 is 0 Å². The van der Waals surface area contributed by atoms with Crippen LogP contribution in [0.5, 0.6) is 0 Å².